The number of Topliss-reactive ketones (excluding diaryl/α,β-unsaturated/α-hetero) is 1. The minimum absolute atomic E-state index is 0.0255. The first-order chi connectivity index (χ1) is 26.3. The van der Waals surface area contributed by atoms with Gasteiger partial charge in [0, 0.05) is 58.2 Å². The molecular formula is C44H74BrN5O3Si2. The van der Waals surface area contributed by atoms with Crippen LogP contribution in [-0.2, 0) is 40.8 Å². The third-order valence-corrected chi connectivity index (χ3v) is 15.5. The van der Waals surface area contributed by atoms with Crippen LogP contribution in [0.25, 0.3) is 22.4 Å². The first-order valence-electron chi connectivity index (χ1n) is 21.9. The van der Waals surface area contributed by atoms with Crippen molar-refractivity contribution in [2.75, 3.05) is 13.2 Å². The third kappa shape index (κ3) is 13.5. The quantitative estimate of drug-likeness (QED) is 0.0562. The molecule has 0 saturated heterocycles. The fourth-order valence-corrected chi connectivity index (χ4v) is 10.00. The molecule has 0 radical (unpaired) electrons. The SMILES string of the molecule is CCCCCCCCCCCCCCC(C(=O)C1CC1)N1Cc2nc(-c3nn(COCC[Si](C)(C)C)c4cc(Br)cc(C)c34)n(COCC[Si](C)(C)C)c2C1. The molecule has 5 rings (SSSR count). The fourth-order valence-electron chi connectivity index (χ4n) is 7.92. The Morgan fingerprint density at radius 2 is 1.42 bits per heavy atom. The average Bonchev–Trinajstić information content (AvgIpc) is 3.67. The summed E-state index contributed by atoms with van der Waals surface area (Å²) in [5.41, 5.74) is 5.32. The lowest BCUT2D eigenvalue weighted by atomic mass is 9.98. The minimum Gasteiger partial charge on any atom is -0.361 e. The molecule has 1 fully saturated rings. The van der Waals surface area contributed by atoms with Crippen molar-refractivity contribution in [3.05, 3.63) is 33.6 Å². The van der Waals surface area contributed by atoms with Gasteiger partial charge in [0.25, 0.3) is 0 Å². The summed E-state index contributed by atoms with van der Waals surface area (Å²) in [4.78, 5) is 21.7. The molecule has 1 atom stereocenters. The van der Waals surface area contributed by atoms with Crippen LogP contribution < -0.4 is 0 Å². The third-order valence-electron chi connectivity index (χ3n) is 11.6. The van der Waals surface area contributed by atoms with Crippen LogP contribution in [0.4, 0.5) is 0 Å². The van der Waals surface area contributed by atoms with Crippen molar-refractivity contribution in [2.24, 2.45) is 5.92 Å². The van der Waals surface area contributed by atoms with Crippen molar-refractivity contribution < 1.29 is 14.3 Å². The molecule has 0 spiro atoms. The van der Waals surface area contributed by atoms with E-state index in [2.05, 4.69) is 90.7 Å². The Bertz CT molecular complexity index is 1670. The van der Waals surface area contributed by atoms with E-state index < -0.39 is 16.1 Å². The highest BCUT2D eigenvalue weighted by Crippen LogP contribution is 2.39. The van der Waals surface area contributed by atoms with Gasteiger partial charge in [-0.05, 0) is 56.0 Å². The molecule has 1 aliphatic carbocycles. The first kappa shape index (κ1) is 44.5. The molecule has 0 amide bonds. The normalized spacial score (nSPS) is 15.7. The second kappa shape index (κ2) is 20.9. The number of aryl methyl sites for hydroxylation is 1. The van der Waals surface area contributed by atoms with Gasteiger partial charge in [-0.15, -0.1) is 0 Å². The van der Waals surface area contributed by atoms with Gasteiger partial charge >= 0.3 is 0 Å². The Morgan fingerprint density at radius 1 is 0.836 bits per heavy atom. The van der Waals surface area contributed by atoms with E-state index in [1.807, 2.05) is 4.68 Å². The van der Waals surface area contributed by atoms with Gasteiger partial charge in [-0.1, -0.05) is 139 Å². The average molecular weight is 857 g/mol. The molecule has 1 aromatic carbocycles. The molecule has 8 nitrogen and oxygen atoms in total. The van der Waals surface area contributed by atoms with Crippen LogP contribution >= 0.6 is 15.9 Å². The number of unbranched alkanes of at least 4 members (excludes halogenated alkanes) is 11. The zero-order chi connectivity index (χ0) is 39.6. The zero-order valence-corrected chi connectivity index (χ0v) is 39.5. The number of hydrogen-bond donors (Lipinski definition) is 0. The number of halogens is 1. The maximum atomic E-state index is 13.8. The number of hydrogen-bond acceptors (Lipinski definition) is 6. The molecule has 1 aliphatic heterocycles. The lowest BCUT2D eigenvalue weighted by Crippen LogP contribution is -2.39. The van der Waals surface area contributed by atoms with Crippen LogP contribution in [0.1, 0.15) is 120 Å². The summed E-state index contributed by atoms with van der Waals surface area (Å²) >= 11 is 3.75. The van der Waals surface area contributed by atoms with Crippen molar-refractivity contribution in [3.63, 3.8) is 0 Å². The molecule has 2 aromatic heterocycles. The fraction of sp³-hybridized carbons (Fsp3) is 0.750. The lowest BCUT2D eigenvalue weighted by molar-refractivity contribution is -0.126. The second-order valence-corrected chi connectivity index (χ2v) is 31.4. The Balaban J connectivity index is 1.31. The van der Waals surface area contributed by atoms with Crippen LogP contribution in [0.3, 0.4) is 0 Å². The zero-order valence-electron chi connectivity index (χ0n) is 35.9. The highest BCUT2D eigenvalue weighted by molar-refractivity contribution is 9.10. The van der Waals surface area contributed by atoms with Crippen molar-refractivity contribution in [2.45, 2.75) is 194 Å². The van der Waals surface area contributed by atoms with E-state index in [0.29, 0.717) is 25.8 Å². The molecular weight excluding hydrogens is 783 g/mol. The highest BCUT2D eigenvalue weighted by atomic mass is 79.9. The van der Waals surface area contributed by atoms with Crippen molar-refractivity contribution >= 4 is 48.8 Å². The number of nitrogens with zero attached hydrogens (tertiary/aromatic N) is 5. The lowest BCUT2D eigenvalue weighted by Gasteiger charge is -2.27. The van der Waals surface area contributed by atoms with E-state index in [9.17, 15) is 4.79 Å². The van der Waals surface area contributed by atoms with Gasteiger partial charge in [0.15, 0.2) is 11.6 Å². The summed E-state index contributed by atoms with van der Waals surface area (Å²) in [6, 6.07) is 6.52. The molecule has 0 bridgehead atoms. The maximum Gasteiger partial charge on any atom is 0.163 e. The second-order valence-electron chi connectivity index (χ2n) is 19.2. The Hall–Kier alpha value is -1.64. The number of carbonyl (C=O) groups is 1. The molecule has 2 aliphatic rings. The molecule has 308 valence electrons. The number of imidazole rings is 1. The van der Waals surface area contributed by atoms with E-state index in [1.165, 1.54) is 76.3 Å². The van der Waals surface area contributed by atoms with E-state index in [-0.39, 0.29) is 12.0 Å². The predicted octanol–water partition coefficient (Wildman–Crippen LogP) is 12.3. The van der Waals surface area contributed by atoms with Crippen LogP contribution in [0.2, 0.25) is 51.4 Å². The molecule has 11 heteroatoms. The number of carbonyl (C=O) groups excluding carboxylic acids is 1. The number of fused-ring (bicyclic) bond motifs is 2. The standard InChI is InChI=1S/C44H74BrN5O3Si2/c1-9-10-11-12-13-14-15-16-17-18-19-20-21-38(43(51)35-22-23-35)48-30-37-40(31-48)49(32-52-24-26-54(3,4)5)44(46-37)42-41-34(2)28-36(45)29-39(41)50(47-42)33-53-25-27-55(6,7)8/h28-29,35,38H,9-27,30-33H2,1-8H3. The number of aromatic nitrogens is 4. The Morgan fingerprint density at radius 3 is 2.00 bits per heavy atom. The first-order valence-corrected chi connectivity index (χ1v) is 30.1. The van der Waals surface area contributed by atoms with Crippen molar-refractivity contribution in [1.82, 2.24) is 24.2 Å². The van der Waals surface area contributed by atoms with Gasteiger partial charge < -0.3 is 14.0 Å². The van der Waals surface area contributed by atoms with Crippen molar-refractivity contribution in [3.8, 4) is 11.5 Å². The smallest absolute Gasteiger partial charge is 0.163 e. The number of ether oxygens (including phenoxy) is 2. The number of rotatable bonds is 27. The molecule has 55 heavy (non-hydrogen) atoms. The largest absolute Gasteiger partial charge is 0.361 e. The van der Waals surface area contributed by atoms with Gasteiger partial charge in [0.05, 0.1) is 22.9 Å². The van der Waals surface area contributed by atoms with Crippen molar-refractivity contribution in [1.29, 1.82) is 0 Å². The molecule has 0 N–H and O–H groups in total. The van der Waals surface area contributed by atoms with Gasteiger partial charge in [-0.2, -0.15) is 5.10 Å². The number of ketones is 1. The Kier molecular flexibility index (Phi) is 16.9. The molecule has 1 saturated carbocycles. The summed E-state index contributed by atoms with van der Waals surface area (Å²) in [7, 11) is -2.46. The molecule has 3 heterocycles. The number of benzene rings is 1. The van der Waals surface area contributed by atoms with Gasteiger partial charge in [-0.25, -0.2) is 9.67 Å². The van der Waals surface area contributed by atoms with Gasteiger partial charge in [-0.3, -0.25) is 9.69 Å². The summed E-state index contributed by atoms with van der Waals surface area (Å²) in [6.07, 6.45) is 19.1. The summed E-state index contributed by atoms with van der Waals surface area (Å²) in [5.74, 6) is 1.58. The van der Waals surface area contributed by atoms with Crippen LogP contribution in [0, 0.1) is 12.8 Å². The predicted molar refractivity (Wildman–Crippen MR) is 238 cm³/mol. The van der Waals surface area contributed by atoms with E-state index in [4.69, 9.17) is 19.6 Å². The summed E-state index contributed by atoms with van der Waals surface area (Å²) in [6.45, 7) is 22.5. The van der Waals surface area contributed by atoms with E-state index in [1.54, 1.807) is 0 Å². The highest BCUT2D eigenvalue weighted by Gasteiger charge is 2.40. The molecule has 1 unspecified atom stereocenters. The van der Waals surface area contributed by atoms with Gasteiger partial charge in [0.1, 0.15) is 19.2 Å². The topological polar surface area (TPSA) is 74.4 Å². The summed E-state index contributed by atoms with van der Waals surface area (Å²) in [5, 5.41) is 6.34. The molecule has 3 aromatic rings. The van der Waals surface area contributed by atoms with Crippen LogP contribution in [-0.4, -0.2) is 65.4 Å². The Labute approximate surface area is 344 Å². The monoisotopic (exact) mass is 855 g/mol. The van der Waals surface area contributed by atoms with Crippen LogP contribution in [0.15, 0.2) is 16.6 Å². The van der Waals surface area contributed by atoms with Crippen LogP contribution in [0.5, 0.6) is 0 Å². The maximum absolute atomic E-state index is 13.8. The van der Waals surface area contributed by atoms with Gasteiger partial charge in [0.2, 0.25) is 0 Å². The minimum atomic E-state index is -1.26. The van der Waals surface area contributed by atoms with E-state index >= 15 is 0 Å². The summed E-state index contributed by atoms with van der Waals surface area (Å²) < 4.78 is 18.0. The van der Waals surface area contributed by atoms with E-state index in [0.717, 1.165) is 95.7 Å².